The van der Waals surface area contributed by atoms with Crippen molar-refractivity contribution in [1.82, 2.24) is 13.9 Å². The summed E-state index contributed by atoms with van der Waals surface area (Å²) in [6, 6.07) is 5.58. The van der Waals surface area contributed by atoms with Gasteiger partial charge >= 0.3 is 0 Å². The number of carbonyl (C=O) groups is 1. The second kappa shape index (κ2) is 10.1. The number of nitrogens with one attached hydrogen (secondary N) is 1. The van der Waals surface area contributed by atoms with Gasteiger partial charge in [-0.15, -0.1) is 0 Å². The molecular formula is C19H31N3O5S. The van der Waals surface area contributed by atoms with Gasteiger partial charge in [-0.1, -0.05) is 6.07 Å². The van der Waals surface area contributed by atoms with Crippen LogP contribution in [-0.2, 0) is 21.4 Å². The van der Waals surface area contributed by atoms with Gasteiger partial charge in [0.1, 0.15) is 0 Å². The Morgan fingerprint density at radius 2 is 1.93 bits per heavy atom. The highest BCUT2D eigenvalue weighted by Gasteiger charge is 2.26. The van der Waals surface area contributed by atoms with Crippen LogP contribution in [0, 0.1) is 0 Å². The average Bonchev–Trinajstić information content (AvgIpc) is 2.67. The highest BCUT2D eigenvalue weighted by atomic mass is 32.2. The molecule has 1 aromatic rings. The molecule has 1 heterocycles. The van der Waals surface area contributed by atoms with Crippen molar-refractivity contribution >= 4 is 16.1 Å². The second-order valence-corrected chi connectivity index (χ2v) is 8.89. The van der Waals surface area contributed by atoms with Crippen molar-refractivity contribution in [2.24, 2.45) is 0 Å². The third-order valence-electron chi connectivity index (χ3n) is 4.80. The van der Waals surface area contributed by atoms with Crippen LogP contribution in [0.5, 0.6) is 11.5 Å². The number of rotatable bonds is 9. The third kappa shape index (κ3) is 6.08. The Morgan fingerprint density at radius 1 is 1.25 bits per heavy atom. The SMILES string of the molecule is CCOc1ccc(CCC(=O)N2CCC(NS(=O)(=O)N(C)C)CC2)cc1OC. The Hall–Kier alpha value is -1.84. The molecule has 0 spiro atoms. The lowest BCUT2D eigenvalue weighted by Crippen LogP contribution is -2.49. The van der Waals surface area contributed by atoms with E-state index in [9.17, 15) is 13.2 Å². The fraction of sp³-hybridized carbons (Fsp3) is 0.632. The van der Waals surface area contributed by atoms with Gasteiger partial charge in [0.05, 0.1) is 13.7 Å². The quantitative estimate of drug-likeness (QED) is 0.661. The smallest absolute Gasteiger partial charge is 0.279 e. The summed E-state index contributed by atoms with van der Waals surface area (Å²) in [5.74, 6) is 1.45. The molecule has 1 N–H and O–H groups in total. The number of amides is 1. The van der Waals surface area contributed by atoms with Crippen molar-refractivity contribution in [3.63, 3.8) is 0 Å². The minimum atomic E-state index is -3.44. The molecule has 1 saturated heterocycles. The lowest BCUT2D eigenvalue weighted by molar-refractivity contribution is -0.132. The van der Waals surface area contributed by atoms with Gasteiger partial charge in [0.15, 0.2) is 11.5 Å². The van der Waals surface area contributed by atoms with Crippen LogP contribution in [0.3, 0.4) is 0 Å². The molecule has 0 atom stereocenters. The van der Waals surface area contributed by atoms with Crippen molar-refractivity contribution in [3.05, 3.63) is 23.8 Å². The maximum atomic E-state index is 12.5. The summed E-state index contributed by atoms with van der Waals surface area (Å²) >= 11 is 0. The van der Waals surface area contributed by atoms with Crippen LogP contribution in [-0.4, -0.2) is 70.5 Å². The van der Waals surface area contributed by atoms with Gasteiger partial charge in [-0.3, -0.25) is 4.79 Å². The molecule has 0 aromatic heterocycles. The first-order valence-corrected chi connectivity index (χ1v) is 11.0. The Morgan fingerprint density at radius 3 is 2.50 bits per heavy atom. The first-order chi connectivity index (χ1) is 13.3. The minimum Gasteiger partial charge on any atom is -0.493 e. The molecule has 1 amide bonds. The molecule has 1 fully saturated rings. The number of aryl methyl sites for hydroxylation is 1. The van der Waals surface area contributed by atoms with Crippen molar-refractivity contribution in [2.75, 3.05) is 40.9 Å². The molecule has 1 aromatic carbocycles. The van der Waals surface area contributed by atoms with Gasteiger partial charge in [0, 0.05) is 39.6 Å². The van der Waals surface area contributed by atoms with Crippen molar-refractivity contribution in [1.29, 1.82) is 0 Å². The number of piperidine rings is 1. The number of nitrogens with zero attached hydrogens (tertiary/aromatic N) is 2. The van der Waals surface area contributed by atoms with Crippen LogP contribution < -0.4 is 14.2 Å². The zero-order valence-corrected chi connectivity index (χ0v) is 17.9. The van der Waals surface area contributed by atoms with E-state index < -0.39 is 10.2 Å². The number of methoxy groups -OCH3 is 1. The number of hydrogen-bond donors (Lipinski definition) is 1. The van der Waals surface area contributed by atoms with E-state index in [1.54, 1.807) is 7.11 Å². The predicted molar refractivity (Wildman–Crippen MR) is 108 cm³/mol. The second-order valence-electron chi connectivity index (χ2n) is 6.98. The molecule has 0 bridgehead atoms. The van der Waals surface area contributed by atoms with Gasteiger partial charge in [-0.2, -0.15) is 17.4 Å². The molecule has 158 valence electrons. The summed E-state index contributed by atoms with van der Waals surface area (Å²) in [4.78, 5) is 14.3. The van der Waals surface area contributed by atoms with Crippen LogP contribution in [0.1, 0.15) is 31.7 Å². The topological polar surface area (TPSA) is 88.2 Å². The largest absolute Gasteiger partial charge is 0.493 e. The lowest BCUT2D eigenvalue weighted by atomic mass is 10.0. The minimum absolute atomic E-state index is 0.0850. The molecule has 1 aliphatic heterocycles. The summed E-state index contributed by atoms with van der Waals surface area (Å²) < 4.78 is 38.5. The first kappa shape index (κ1) is 22.4. The first-order valence-electron chi connectivity index (χ1n) is 9.54. The van der Waals surface area contributed by atoms with E-state index in [1.807, 2.05) is 30.0 Å². The molecule has 8 nitrogen and oxygen atoms in total. The van der Waals surface area contributed by atoms with Crippen LogP contribution in [0.4, 0.5) is 0 Å². The number of likely N-dealkylation sites (tertiary alicyclic amines) is 1. The maximum absolute atomic E-state index is 12.5. The summed E-state index contributed by atoms with van der Waals surface area (Å²) in [6.45, 7) is 3.60. The van der Waals surface area contributed by atoms with Crippen molar-refractivity contribution in [2.45, 2.75) is 38.6 Å². The summed E-state index contributed by atoms with van der Waals surface area (Å²) in [5.41, 5.74) is 1.02. The predicted octanol–water partition coefficient (Wildman–Crippen LogP) is 1.41. The van der Waals surface area contributed by atoms with E-state index in [-0.39, 0.29) is 11.9 Å². The summed E-state index contributed by atoms with van der Waals surface area (Å²) in [7, 11) is 1.15. The van der Waals surface area contributed by atoms with Crippen LogP contribution >= 0.6 is 0 Å². The lowest BCUT2D eigenvalue weighted by Gasteiger charge is -2.32. The van der Waals surface area contributed by atoms with E-state index in [0.717, 1.165) is 9.87 Å². The molecule has 0 radical (unpaired) electrons. The maximum Gasteiger partial charge on any atom is 0.279 e. The number of hydrogen-bond acceptors (Lipinski definition) is 5. The van der Waals surface area contributed by atoms with E-state index in [1.165, 1.54) is 14.1 Å². The van der Waals surface area contributed by atoms with Crippen LogP contribution in [0.2, 0.25) is 0 Å². The monoisotopic (exact) mass is 413 g/mol. The standard InChI is InChI=1S/C19H31N3O5S/c1-5-27-17-8-6-15(14-18(17)26-4)7-9-19(23)22-12-10-16(11-13-22)20-28(24,25)21(2)3/h6,8,14,16,20H,5,7,9-13H2,1-4H3. The fourth-order valence-corrected chi connectivity index (χ4v) is 3.98. The van der Waals surface area contributed by atoms with Gasteiger partial charge < -0.3 is 14.4 Å². The molecule has 0 saturated carbocycles. The molecule has 1 aliphatic rings. The Bertz CT molecular complexity index is 759. The Balaban J connectivity index is 1.83. The molecule has 0 unspecified atom stereocenters. The van der Waals surface area contributed by atoms with E-state index >= 15 is 0 Å². The number of ether oxygens (including phenoxy) is 2. The highest BCUT2D eigenvalue weighted by Crippen LogP contribution is 2.28. The molecular weight excluding hydrogens is 382 g/mol. The Kier molecular flexibility index (Phi) is 8.09. The zero-order valence-electron chi connectivity index (χ0n) is 17.1. The van der Waals surface area contributed by atoms with E-state index in [2.05, 4.69) is 4.72 Å². The van der Waals surface area contributed by atoms with E-state index in [0.29, 0.717) is 56.9 Å². The van der Waals surface area contributed by atoms with Crippen molar-refractivity contribution in [3.8, 4) is 11.5 Å². The normalized spacial score (nSPS) is 15.7. The zero-order chi connectivity index (χ0) is 20.7. The average molecular weight is 414 g/mol. The molecule has 9 heteroatoms. The van der Waals surface area contributed by atoms with E-state index in [4.69, 9.17) is 9.47 Å². The summed E-state index contributed by atoms with van der Waals surface area (Å²) in [6.07, 6.45) is 2.27. The Labute approximate surface area is 168 Å². The third-order valence-corrected chi connectivity index (χ3v) is 6.39. The molecule has 2 rings (SSSR count). The van der Waals surface area contributed by atoms with Gasteiger partial charge in [-0.25, -0.2) is 0 Å². The molecule has 28 heavy (non-hydrogen) atoms. The summed E-state index contributed by atoms with van der Waals surface area (Å²) in [5, 5.41) is 0. The van der Waals surface area contributed by atoms with Crippen LogP contribution in [0.25, 0.3) is 0 Å². The van der Waals surface area contributed by atoms with Crippen molar-refractivity contribution < 1.29 is 22.7 Å². The fourth-order valence-electron chi connectivity index (χ4n) is 3.11. The van der Waals surface area contributed by atoms with Crippen LogP contribution in [0.15, 0.2) is 18.2 Å². The van der Waals surface area contributed by atoms with Gasteiger partial charge in [-0.05, 0) is 43.9 Å². The number of carbonyl (C=O) groups excluding carboxylic acids is 1. The van der Waals surface area contributed by atoms with Gasteiger partial charge in [0.25, 0.3) is 10.2 Å². The number of benzene rings is 1. The highest BCUT2D eigenvalue weighted by molar-refractivity contribution is 7.87. The van der Waals surface area contributed by atoms with Gasteiger partial charge in [0.2, 0.25) is 5.91 Å². The molecule has 0 aliphatic carbocycles.